The van der Waals surface area contributed by atoms with Crippen molar-refractivity contribution in [2.24, 2.45) is 4.99 Å². The van der Waals surface area contributed by atoms with Crippen LogP contribution in [-0.2, 0) is 4.79 Å². The highest BCUT2D eigenvalue weighted by molar-refractivity contribution is 9.10. The van der Waals surface area contributed by atoms with Gasteiger partial charge in [-0.25, -0.2) is 9.79 Å². The van der Waals surface area contributed by atoms with E-state index >= 15 is 0 Å². The number of nitrogens with one attached hydrogen (secondary N) is 1. The lowest BCUT2D eigenvalue weighted by atomic mass is 10.2. The maximum absolute atomic E-state index is 11.9. The minimum atomic E-state index is -1.09. The SMILES string of the molecule is O=C1NC(=Nc2ccc(Br)cc2C(=O)O)S/C1=C/c1ccco1. The molecule has 2 N–H and O–H groups in total. The van der Waals surface area contributed by atoms with Crippen molar-refractivity contribution in [2.75, 3.05) is 0 Å². The van der Waals surface area contributed by atoms with E-state index in [4.69, 9.17) is 4.42 Å². The minimum Gasteiger partial charge on any atom is -0.478 e. The summed E-state index contributed by atoms with van der Waals surface area (Å²) < 4.78 is 5.81. The van der Waals surface area contributed by atoms with E-state index in [1.54, 1.807) is 30.3 Å². The van der Waals surface area contributed by atoms with Crippen molar-refractivity contribution in [3.8, 4) is 0 Å². The molecule has 3 rings (SSSR count). The first-order chi connectivity index (χ1) is 11.0. The molecule has 2 aromatic rings. The van der Waals surface area contributed by atoms with Gasteiger partial charge >= 0.3 is 5.97 Å². The average Bonchev–Trinajstić information content (AvgIpc) is 3.12. The fraction of sp³-hybridized carbons (Fsp3) is 0. The number of thioether (sulfide) groups is 1. The van der Waals surface area contributed by atoms with Crippen molar-refractivity contribution in [3.63, 3.8) is 0 Å². The van der Waals surface area contributed by atoms with Gasteiger partial charge in [-0.3, -0.25) is 4.79 Å². The van der Waals surface area contributed by atoms with Crippen LogP contribution in [0.25, 0.3) is 6.08 Å². The molecule has 6 nitrogen and oxygen atoms in total. The van der Waals surface area contributed by atoms with Crippen LogP contribution in [0.15, 0.2) is 55.4 Å². The first-order valence-corrected chi connectivity index (χ1v) is 8.00. The van der Waals surface area contributed by atoms with Crippen LogP contribution in [-0.4, -0.2) is 22.2 Å². The molecule has 1 amide bonds. The van der Waals surface area contributed by atoms with Crippen LogP contribution < -0.4 is 5.32 Å². The third-order valence-corrected chi connectivity index (χ3v) is 4.28. The van der Waals surface area contributed by atoms with E-state index in [2.05, 4.69) is 26.2 Å². The fourth-order valence-electron chi connectivity index (χ4n) is 1.87. The smallest absolute Gasteiger partial charge is 0.337 e. The molecule has 1 aromatic carbocycles. The van der Waals surface area contributed by atoms with Gasteiger partial charge in [-0.05, 0) is 42.1 Å². The van der Waals surface area contributed by atoms with Gasteiger partial charge in [0.15, 0.2) is 5.17 Å². The van der Waals surface area contributed by atoms with Crippen LogP contribution in [0, 0.1) is 0 Å². The van der Waals surface area contributed by atoms with E-state index in [0.29, 0.717) is 20.3 Å². The summed E-state index contributed by atoms with van der Waals surface area (Å²) in [5.74, 6) is -0.843. The molecule has 0 atom stereocenters. The van der Waals surface area contributed by atoms with Gasteiger partial charge in [-0.15, -0.1) is 0 Å². The molecule has 2 heterocycles. The lowest BCUT2D eigenvalue weighted by Gasteiger charge is -2.02. The number of carbonyl (C=O) groups is 2. The maximum Gasteiger partial charge on any atom is 0.337 e. The highest BCUT2D eigenvalue weighted by atomic mass is 79.9. The van der Waals surface area contributed by atoms with Gasteiger partial charge in [0.05, 0.1) is 22.4 Å². The quantitative estimate of drug-likeness (QED) is 0.777. The van der Waals surface area contributed by atoms with Crippen molar-refractivity contribution in [1.29, 1.82) is 0 Å². The fourth-order valence-corrected chi connectivity index (χ4v) is 3.05. The number of carboxylic acids is 1. The Labute approximate surface area is 143 Å². The number of furan rings is 1. The molecule has 8 heteroatoms. The zero-order valence-corrected chi connectivity index (χ0v) is 13.8. The largest absolute Gasteiger partial charge is 0.478 e. The predicted molar refractivity (Wildman–Crippen MR) is 90.6 cm³/mol. The number of hydrogen-bond donors (Lipinski definition) is 2. The monoisotopic (exact) mass is 392 g/mol. The minimum absolute atomic E-state index is 0.0465. The Bertz CT molecular complexity index is 843. The zero-order chi connectivity index (χ0) is 16.4. The predicted octanol–water partition coefficient (Wildman–Crippen LogP) is 3.63. The van der Waals surface area contributed by atoms with E-state index in [1.165, 1.54) is 12.3 Å². The summed E-state index contributed by atoms with van der Waals surface area (Å²) in [4.78, 5) is 27.9. The molecule has 0 radical (unpaired) electrons. The number of carboxylic acid groups (broad SMARTS) is 1. The van der Waals surface area contributed by atoms with Gasteiger partial charge in [-0.2, -0.15) is 0 Å². The molecule has 0 bridgehead atoms. The first kappa shape index (κ1) is 15.6. The van der Waals surface area contributed by atoms with Gasteiger partial charge in [0.25, 0.3) is 5.91 Å². The topological polar surface area (TPSA) is 91.9 Å². The molecule has 116 valence electrons. The summed E-state index contributed by atoms with van der Waals surface area (Å²) >= 11 is 4.35. The second-order valence-electron chi connectivity index (χ2n) is 4.46. The third kappa shape index (κ3) is 3.54. The van der Waals surface area contributed by atoms with Gasteiger partial charge in [0, 0.05) is 10.5 Å². The number of amidine groups is 1. The number of nitrogens with zero attached hydrogens (tertiary/aromatic N) is 1. The average molecular weight is 393 g/mol. The van der Waals surface area contributed by atoms with Gasteiger partial charge in [0.2, 0.25) is 0 Å². The van der Waals surface area contributed by atoms with E-state index < -0.39 is 5.97 Å². The Kier molecular flexibility index (Phi) is 4.35. The number of aromatic carboxylic acids is 1. The highest BCUT2D eigenvalue weighted by Gasteiger charge is 2.25. The standard InChI is InChI=1S/C15H9BrN2O4S/c16-8-3-4-11(10(6-8)14(20)21)17-15-18-13(19)12(23-15)7-9-2-1-5-22-9/h1-7H,(H,20,21)(H,17,18,19)/b12-7+. The lowest BCUT2D eigenvalue weighted by Crippen LogP contribution is -2.19. The summed E-state index contributed by atoms with van der Waals surface area (Å²) in [6.45, 7) is 0. The van der Waals surface area contributed by atoms with Crippen LogP contribution in [0.3, 0.4) is 0 Å². The molecule has 0 unspecified atom stereocenters. The van der Waals surface area contributed by atoms with E-state index in [0.717, 1.165) is 11.8 Å². The molecule has 23 heavy (non-hydrogen) atoms. The molecule has 1 aliphatic heterocycles. The molecule has 0 aliphatic carbocycles. The van der Waals surface area contributed by atoms with Gasteiger partial charge in [0.1, 0.15) is 5.76 Å². The molecule has 0 spiro atoms. The first-order valence-electron chi connectivity index (χ1n) is 6.39. The van der Waals surface area contributed by atoms with Crippen LogP contribution in [0.1, 0.15) is 16.1 Å². The summed E-state index contributed by atoms with van der Waals surface area (Å²) in [5, 5.41) is 12.2. The van der Waals surface area contributed by atoms with E-state index in [-0.39, 0.29) is 17.2 Å². The normalized spacial score (nSPS) is 17.7. The van der Waals surface area contributed by atoms with E-state index in [9.17, 15) is 14.7 Å². The lowest BCUT2D eigenvalue weighted by molar-refractivity contribution is -0.115. The van der Waals surface area contributed by atoms with Crippen molar-refractivity contribution < 1.29 is 19.1 Å². The Morgan fingerprint density at radius 2 is 2.22 bits per heavy atom. The number of aliphatic imine (C=N–C) groups is 1. The van der Waals surface area contributed by atoms with Crippen molar-refractivity contribution >= 4 is 56.5 Å². The summed E-state index contributed by atoms with van der Waals surface area (Å²) in [5.41, 5.74) is 0.313. The number of rotatable bonds is 3. The van der Waals surface area contributed by atoms with E-state index in [1.807, 2.05) is 0 Å². The molecular formula is C15H9BrN2O4S. The van der Waals surface area contributed by atoms with Crippen molar-refractivity contribution in [1.82, 2.24) is 5.32 Å². The van der Waals surface area contributed by atoms with Crippen LogP contribution in [0.2, 0.25) is 0 Å². The number of amides is 1. The number of benzene rings is 1. The van der Waals surface area contributed by atoms with Crippen molar-refractivity contribution in [3.05, 3.63) is 57.3 Å². The zero-order valence-electron chi connectivity index (χ0n) is 11.4. The number of hydrogen-bond acceptors (Lipinski definition) is 5. The molecule has 0 saturated carbocycles. The summed E-state index contributed by atoms with van der Waals surface area (Å²) in [6.07, 6.45) is 3.11. The third-order valence-electron chi connectivity index (χ3n) is 2.88. The summed E-state index contributed by atoms with van der Waals surface area (Å²) in [6, 6.07) is 8.17. The Morgan fingerprint density at radius 3 is 2.91 bits per heavy atom. The molecular weight excluding hydrogens is 384 g/mol. The molecule has 1 saturated heterocycles. The number of carbonyl (C=O) groups excluding carboxylic acids is 1. The molecule has 1 aliphatic rings. The van der Waals surface area contributed by atoms with Crippen molar-refractivity contribution in [2.45, 2.75) is 0 Å². The van der Waals surface area contributed by atoms with Crippen LogP contribution in [0.4, 0.5) is 5.69 Å². The summed E-state index contributed by atoms with van der Waals surface area (Å²) in [7, 11) is 0. The Morgan fingerprint density at radius 1 is 1.39 bits per heavy atom. The van der Waals surface area contributed by atoms with Crippen LogP contribution in [0.5, 0.6) is 0 Å². The van der Waals surface area contributed by atoms with Gasteiger partial charge in [-0.1, -0.05) is 15.9 Å². The second kappa shape index (κ2) is 6.43. The molecule has 1 fully saturated rings. The van der Waals surface area contributed by atoms with Crippen LogP contribution >= 0.6 is 27.7 Å². The molecule has 1 aromatic heterocycles. The van der Waals surface area contributed by atoms with Gasteiger partial charge < -0.3 is 14.8 Å². The maximum atomic E-state index is 11.9. The Balaban J connectivity index is 1.91. The Hall–Kier alpha value is -2.32. The second-order valence-corrected chi connectivity index (χ2v) is 6.41. The number of halogens is 1. The highest BCUT2D eigenvalue weighted by Crippen LogP contribution is 2.30.